The lowest BCUT2D eigenvalue weighted by Crippen LogP contribution is -2.20. The van der Waals surface area contributed by atoms with Crippen LogP contribution in [0.5, 0.6) is 0 Å². The fourth-order valence-electron chi connectivity index (χ4n) is 2.12. The van der Waals surface area contributed by atoms with Crippen LogP contribution in [0, 0.1) is 12.7 Å². The molecule has 20 heavy (non-hydrogen) atoms. The second kappa shape index (κ2) is 5.74. The lowest BCUT2D eigenvalue weighted by molar-refractivity contribution is 0.0697. The molecule has 0 aliphatic carbocycles. The third-order valence-electron chi connectivity index (χ3n) is 3.16. The van der Waals surface area contributed by atoms with E-state index in [0.717, 1.165) is 5.56 Å². The normalized spacial score (nSPS) is 10.3. The third kappa shape index (κ3) is 2.96. The van der Waals surface area contributed by atoms with Crippen LogP contribution in [-0.2, 0) is 6.54 Å². The molecule has 0 spiro atoms. The van der Waals surface area contributed by atoms with Gasteiger partial charge in [0.05, 0.1) is 11.3 Å². The van der Waals surface area contributed by atoms with Crippen LogP contribution in [0.15, 0.2) is 42.5 Å². The van der Waals surface area contributed by atoms with Gasteiger partial charge in [-0.3, -0.25) is 0 Å². The van der Waals surface area contributed by atoms with Gasteiger partial charge in [0.15, 0.2) is 0 Å². The fraction of sp³-hybridized carbons (Fsp3) is 0.188. The van der Waals surface area contributed by atoms with Crippen LogP contribution in [0.3, 0.4) is 0 Å². The van der Waals surface area contributed by atoms with E-state index in [1.807, 2.05) is 13.0 Å². The smallest absolute Gasteiger partial charge is 0.337 e. The fourth-order valence-corrected chi connectivity index (χ4v) is 2.12. The SMILES string of the molecule is Cc1ccc(N(C)Cc2ccccc2F)c(C(=O)O)c1. The molecule has 2 rings (SSSR count). The van der Waals surface area contributed by atoms with Gasteiger partial charge in [-0.2, -0.15) is 0 Å². The molecule has 3 nitrogen and oxygen atoms in total. The van der Waals surface area contributed by atoms with E-state index >= 15 is 0 Å². The first-order valence-corrected chi connectivity index (χ1v) is 6.27. The zero-order chi connectivity index (χ0) is 14.7. The summed E-state index contributed by atoms with van der Waals surface area (Å²) in [6.07, 6.45) is 0. The highest BCUT2D eigenvalue weighted by Gasteiger charge is 2.14. The molecule has 0 saturated heterocycles. The predicted octanol–water partition coefficient (Wildman–Crippen LogP) is 3.47. The molecule has 0 aliphatic heterocycles. The number of benzene rings is 2. The molecule has 0 aliphatic rings. The van der Waals surface area contributed by atoms with Crippen molar-refractivity contribution in [1.82, 2.24) is 0 Å². The van der Waals surface area contributed by atoms with Gasteiger partial charge in [0.25, 0.3) is 0 Å². The van der Waals surface area contributed by atoms with Crippen molar-refractivity contribution in [3.05, 3.63) is 65.0 Å². The number of carboxylic acids is 1. The molecule has 2 aromatic carbocycles. The molecule has 0 radical (unpaired) electrons. The molecule has 0 atom stereocenters. The van der Waals surface area contributed by atoms with Crippen molar-refractivity contribution in [2.24, 2.45) is 0 Å². The third-order valence-corrected chi connectivity index (χ3v) is 3.16. The largest absolute Gasteiger partial charge is 0.478 e. The number of carbonyl (C=O) groups is 1. The van der Waals surface area contributed by atoms with Gasteiger partial charge in [-0.05, 0) is 25.1 Å². The maximum Gasteiger partial charge on any atom is 0.337 e. The van der Waals surface area contributed by atoms with E-state index in [2.05, 4.69) is 0 Å². The summed E-state index contributed by atoms with van der Waals surface area (Å²) in [5, 5.41) is 9.26. The van der Waals surface area contributed by atoms with E-state index in [1.54, 1.807) is 42.3 Å². The Labute approximate surface area is 117 Å². The van der Waals surface area contributed by atoms with Gasteiger partial charge in [0.1, 0.15) is 5.82 Å². The Morgan fingerprint density at radius 1 is 1.25 bits per heavy atom. The number of aryl methyl sites for hydroxylation is 1. The Hall–Kier alpha value is -2.36. The van der Waals surface area contributed by atoms with Crippen molar-refractivity contribution in [2.45, 2.75) is 13.5 Å². The molecule has 4 heteroatoms. The summed E-state index contributed by atoms with van der Waals surface area (Å²) in [4.78, 5) is 13.0. The molecule has 0 aromatic heterocycles. The molecule has 0 saturated carbocycles. The first-order chi connectivity index (χ1) is 9.49. The van der Waals surface area contributed by atoms with Crippen molar-refractivity contribution in [1.29, 1.82) is 0 Å². The van der Waals surface area contributed by atoms with Gasteiger partial charge in [-0.25, -0.2) is 9.18 Å². The number of aromatic carboxylic acids is 1. The minimum atomic E-state index is -0.982. The average Bonchev–Trinajstić information content (AvgIpc) is 2.41. The van der Waals surface area contributed by atoms with E-state index in [4.69, 9.17) is 0 Å². The minimum absolute atomic E-state index is 0.226. The van der Waals surface area contributed by atoms with Gasteiger partial charge >= 0.3 is 5.97 Å². The maximum atomic E-state index is 13.6. The van der Waals surface area contributed by atoms with E-state index in [9.17, 15) is 14.3 Å². The monoisotopic (exact) mass is 273 g/mol. The maximum absolute atomic E-state index is 13.6. The quantitative estimate of drug-likeness (QED) is 0.927. The highest BCUT2D eigenvalue weighted by Crippen LogP contribution is 2.23. The molecule has 0 fully saturated rings. The zero-order valence-corrected chi connectivity index (χ0v) is 11.4. The van der Waals surface area contributed by atoms with E-state index < -0.39 is 5.97 Å². The number of anilines is 1. The van der Waals surface area contributed by atoms with Crippen LogP contribution in [0.2, 0.25) is 0 Å². The molecule has 0 bridgehead atoms. The average molecular weight is 273 g/mol. The molecule has 1 N–H and O–H groups in total. The van der Waals surface area contributed by atoms with E-state index in [1.165, 1.54) is 6.07 Å². The van der Waals surface area contributed by atoms with Crippen molar-refractivity contribution in [3.63, 3.8) is 0 Å². The summed E-state index contributed by atoms with van der Waals surface area (Å²) in [5.41, 5.74) is 2.22. The number of rotatable bonds is 4. The van der Waals surface area contributed by atoms with Crippen LogP contribution < -0.4 is 4.90 Å². The summed E-state index contributed by atoms with van der Waals surface area (Å²) in [7, 11) is 1.75. The van der Waals surface area contributed by atoms with Crippen molar-refractivity contribution in [2.75, 3.05) is 11.9 Å². The second-order valence-corrected chi connectivity index (χ2v) is 4.77. The van der Waals surface area contributed by atoms with Gasteiger partial charge in [0, 0.05) is 19.2 Å². The Kier molecular flexibility index (Phi) is 4.03. The standard InChI is InChI=1S/C16H16FNO2/c1-11-7-8-15(13(9-11)16(19)20)18(2)10-12-5-3-4-6-14(12)17/h3-9H,10H2,1-2H3,(H,19,20). The highest BCUT2D eigenvalue weighted by molar-refractivity contribution is 5.94. The molecule has 0 amide bonds. The highest BCUT2D eigenvalue weighted by atomic mass is 19.1. The Morgan fingerprint density at radius 3 is 2.60 bits per heavy atom. The summed E-state index contributed by atoms with van der Waals surface area (Å²) < 4.78 is 13.6. The number of hydrogen-bond donors (Lipinski definition) is 1. The number of hydrogen-bond acceptors (Lipinski definition) is 2. The van der Waals surface area contributed by atoms with Crippen molar-refractivity contribution >= 4 is 11.7 Å². The lowest BCUT2D eigenvalue weighted by Gasteiger charge is -2.22. The lowest BCUT2D eigenvalue weighted by atomic mass is 10.1. The molecule has 104 valence electrons. The summed E-state index contributed by atoms with van der Waals surface area (Å²) in [5.74, 6) is -1.27. The molecular weight excluding hydrogens is 257 g/mol. The molecule has 0 unspecified atom stereocenters. The van der Waals surface area contributed by atoms with Gasteiger partial charge < -0.3 is 10.0 Å². The van der Waals surface area contributed by atoms with Crippen LogP contribution >= 0.6 is 0 Å². The van der Waals surface area contributed by atoms with Gasteiger partial charge in [-0.15, -0.1) is 0 Å². The predicted molar refractivity (Wildman–Crippen MR) is 76.6 cm³/mol. The van der Waals surface area contributed by atoms with Gasteiger partial charge in [0.2, 0.25) is 0 Å². The number of carboxylic acid groups (broad SMARTS) is 1. The van der Waals surface area contributed by atoms with Gasteiger partial charge in [-0.1, -0.05) is 29.8 Å². The molecule has 2 aromatic rings. The minimum Gasteiger partial charge on any atom is -0.478 e. The molecular formula is C16H16FNO2. The van der Waals surface area contributed by atoms with Crippen molar-refractivity contribution in [3.8, 4) is 0 Å². The first kappa shape index (κ1) is 14.1. The first-order valence-electron chi connectivity index (χ1n) is 6.27. The van der Waals surface area contributed by atoms with Crippen LogP contribution in [-0.4, -0.2) is 18.1 Å². The second-order valence-electron chi connectivity index (χ2n) is 4.77. The topological polar surface area (TPSA) is 40.5 Å². The van der Waals surface area contributed by atoms with E-state index in [-0.39, 0.29) is 11.4 Å². The van der Waals surface area contributed by atoms with E-state index in [0.29, 0.717) is 17.8 Å². The van der Waals surface area contributed by atoms with Crippen LogP contribution in [0.4, 0.5) is 10.1 Å². The summed E-state index contributed by atoms with van der Waals surface area (Å²) in [6, 6.07) is 11.7. The Morgan fingerprint density at radius 2 is 1.95 bits per heavy atom. The molecule has 0 heterocycles. The van der Waals surface area contributed by atoms with Crippen molar-refractivity contribution < 1.29 is 14.3 Å². The summed E-state index contributed by atoms with van der Waals surface area (Å²) in [6.45, 7) is 2.16. The number of nitrogens with zero attached hydrogens (tertiary/aromatic N) is 1. The van der Waals surface area contributed by atoms with Crippen LogP contribution in [0.1, 0.15) is 21.5 Å². The number of halogens is 1. The van der Waals surface area contributed by atoms with Crippen LogP contribution in [0.25, 0.3) is 0 Å². The summed E-state index contributed by atoms with van der Waals surface area (Å²) >= 11 is 0. The zero-order valence-electron chi connectivity index (χ0n) is 11.4. The Bertz CT molecular complexity index is 640. The Balaban J connectivity index is 2.32.